The van der Waals surface area contributed by atoms with Crippen LogP contribution in [0.4, 0.5) is 5.69 Å². The third-order valence-corrected chi connectivity index (χ3v) is 6.74. The molecule has 2 aromatic rings. The van der Waals surface area contributed by atoms with E-state index in [1.807, 2.05) is 24.3 Å². The highest BCUT2D eigenvalue weighted by Gasteiger charge is 2.15. The molecule has 32 heavy (non-hydrogen) atoms. The lowest BCUT2D eigenvalue weighted by Crippen LogP contribution is -2.45. The normalized spacial score (nSPS) is 19.2. The lowest BCUT2D eigenvalue weighted by atomic mass is 10.1. The van der Waals surface area contributed by atoms with Crippen LogP contribution in [0, 0.1) is 0 Å². The van der Waals surface area contributed by atoms with Crippen molar-refractivity contribution in [2.45, 2.75) is 13.0 Å². The largest absolute Gasteiger partial charge is 0.322 e. The number of rotatable bonds is 7. The summed E-state index contributed by atoms with van der Waals surface area (Å²) in [5.74, 6) is -0.0543. The summed E-state index contributed by atoms with van der Waals surface area (Å²) in [6, 6.07) is 16.3. The minimum atomic E-state index is -0.0543. The van der Waals surface area contributed by atoms with Gasteiger partial charge in [-0.3, -0.25) is 9.69 Å². The van der Waals surface area contributed by atoms with Gasteiger partial charge in [0.25, 0.3) is 5.91 Å². The van der Waals surface area contributed by atoms with Crippen LogP contribution in [0.25, 0.3) is 0 Å². The Hall–Kier alpha value is -2.25. The fourth-order valence-corrected chi connectivity index (χ4v) is 4.34. The van der Waals surface area contributed by atoms with Crippen LogP contribution in [0.3, 0.4) is 0 Å². The number of nitrogens with one attached hydrogen (secondary N) is 1. The van der Waals surface area contributed by atoms with Crippen molar-refractivity contribution in [2.24, 2.45) is 0 Å². The van der Waals surface area contributed by atoms with Crippen LogP contribution in [0.2, 0.25) is 0 Å². The van der Waals surface area contributed by atoms with E-state index in [0.29, 0.717) is 5.56 Å². The summed E-state index contributed by atoms with van der Waals surface area (Å²) in [4.78, 5) is 22.4. The van der Waals surface area contributed by atoms with E-state index < -0.39 is 0 Å². The van der Waals surface area contributed by atoms with Crippen LogP contribution >= 0.6 is 0 Å². The van der Waals surface area contributed by atoms with Crippen LogP contribution in [0.15, 0.2) is 48.5 Å². The molecule has 2 saturated heterocycles. The van der Waals surface area contributed by atoms with Gasteiger partial charge in [-0.15, -0.1) is 0 Å². The zero-order valence-corrected chi connectivity index (χ0v) is 19.6. The molecule has 2 aliphatic heterocycles. The topological polar surface area (TPSA) is 42.1 Å². The summed E-state index contributed by atoms with van der Waals surface area (Å²) < 4.78 is 0. The molecule has 172 valence electrons. The lowest BCUT2D eigenvalue weighted by Gasteiger charge is -2.32. The second-order valence-corrected chi connectivity index (χ2v) is 9.32. The maximum absolute atomic E-state index is 12.7. The van der Waals surface area contributed by atoms with Crippen molar-refractivity contribution in [2.75, 3.05) is 78.3 Å². The summed E-state index contributed by atoms with van der Waals surface area (Å²) in [6.45, 7) is 11.1. The molecule has 6 nitrogen and oxygen atoms in total. The average molecular weight is 436 g/mol. The first-order valence-corrected chi connectivity index (χ1v) is 11.9. The number of benzene rings is 2. The highest BCUT2D eigenvalue weighted by molar-refractivity contribution is 6.04. The first-order valence-electron chi connectivity index (χ1n) is 11.9. The minimum Gasteiger partial charge on any atom is -0.322 e. The highest BCUT2D eigenvalue weighted by Crippen LogP contribution is 2.14. The van der Waals surface area contributed by atoms with Crippen molar-refractivity contribution >= 4 is 11.6 Å². The number of hydrogen-bond donors (Lipinski definition) is 1. The fraction of sp³-hybridized carbons (Fsp3) is 0.500. The third kappa shape index (κ3) is 6.62. The second kappa shape index (κ2) is 11.1. The highest BCUT2D eigenvalue weighted by atomic mass is 16.1. The Morgan fingerprint density at radius 2 is 1.25 bits per heavy atom. The first kappa shape index (κ1) is 22.9. The van der Waals surface area contributed by atoms with E-state index >= 15 is 0 Å². The summed E-state index contributed by atoms with van der Waals surface area (Å²) in [5, 5.41) is 3.03. The Kier molecular flexibility index (Phi) is 7.92. The van der Waals surface area contributed by atoms with Crippen LogP contribution in [-0.4, -0.2) is 98.5 Å². The number of amides is 1. The summed E-state index contributed by atoms with van der Waals surface area (Å²) in [6.07, 6.45) is 1.05. The molecule has 0 atom stereocenters. The maximum Gasteiger partial charge on any atom is 0.255 e. The van der Waals surface area contributed by atoms with Gasteiger partial charge < -0.3 is 20.0 Å². The van der Waals surface area contributed by atoms with Gasteiger partial charge in [-0.25, -0.2) is 0 Å². The molecule has 0 bridgehead atoms. The van der Waals surface area contributed by atoms with E-state index in [2.05, 4.69) is 63.3 Å². The molecule has 4 rings (SSSR count). The number of anilines is 1. The van der Waals surface area contributed by atoms with E-state index in [9.17, 15) is 4.79 Å². The van der Waals surface area contributed by atoms with E-state index in [1.54, 1.807) is 0 Å². The number of nitrogens with zero attached hydrogens (tertiary/aromatic N) is 4. The Morgan fingerprint density at radius 1 is 0.719 bits per heavy atom. The van der Waals surface area contributed by atoms with Crippen molar-refractivity contribution in [3.63, 3.8) is 0 Å². The molecule has 0 saturated carbocycles. The van der Waals surface area contributed by atoms with E-state index in [0.717, 1.165) is 77.6 Å². The quantitative estimate of drug-likeness (QED) is 0.724. The number of piperazine rings is 2. The Balaban J connectivity index is 1.23. The van der Waals surface area contributed by atoms with Crippen LogP contribution in [-0.2, 0) is 13.0 Å². The van der Waals surface area contributed by atoms with E-state index in [4.69, 9.17) is 0 Å². The predicted octanol–water partition coefficient (Wildman–Crippen LogP) is 2.48. The van der Waals surface area contributed by atoms with Crippen LogP contribution in [0.5, 0.6) is 0 Å². The molecule has 0 aromatic heterocycles. The smallest absolute Gasteiger partial charge is 0.255 e. The molecule has 2 aliphatic rings. The van der Waals surface area contributed by atoms with E-state index in [-0.39, 0.29) is 5.91 Å². The lowest BCUT2D eigenvalue weighted by molar-refractivity contribution is 0.102. The fourth-order valence-electron chi connectivity index (χ4n) is 4.34. The summed E-state index contributed by atoms with van der Waals surface area (Å²) >= 11 is 0. The van der Waals surface area contributed by atoms with Crippen molar-refractivity contribution in [1.82, 2.24) is 19.6 Å². The molecule has 0 unspecified atom stereocenters. The molecule has 1 amide bonds. The molecular weight excluding hydrogens is 398 g/mol. The molecule has 6 heteroatoms. The summed E-state index contributed by atoms with van der Waals surface area (Å²) in [5.41, 5.74) is 4.12. The monoisotopic (exact) mass is 435 g/mol. The zero-order valence-electron chi connectivity index (χ0n) is 19.6. The molecule has 2 aromatic carbocycles. The second-order valence-electron chi connectivity index (χ2n) is 9.32. The molecule has 0 spiro atoms. The van der Waals surface area contributed by atoms with Gasteiger partial charge in [0.05, 0.1) is 0 Å². The van der Waals surface area contributed by atoms with Gasteiger partial charge >= 0.3 is 0 Å². The van der Waals surface area contributed by atoms with Gasteiger partial charge in [0.1, 0.15) is 0 Å². The Morgan fingerprint density at radius 3 is 1.84 bits per heavy atom. The SMILES string of the molecule is CN1CCN(CCc2ccc(NC(=O)c3ccc(CN4CCN(C)CC4)cc3)cc2)CC1. The minimum absolute atomic E-state index is 0.0543. The maximum atomic E-state index is 12.7. The molecule has 0 radical (unpaired) electrons. The third-order valence-electron chi connectivity index (χ3n) is 6.74. The van der Waals surface area contributed by atoms with E-state index in [1.165, 1.54) is 11.1 Å². The van der Waals surface area contributed by atoms with Crippen molar-refractivity contribution < 1.29 is 4.79 Å². The number of hydrogen-bond acceptors (Lipinski definition) is 5. The molecule has 0 aliphatic carbocycles. The molecule has 2 heterocycles. The van der Waals surface area contributed by atoms with Crippen LogP contribution in [0.1, 0.15) is 21.5 Å². The zero-order chi connectivity index (χ0) is 22.3. The van der Waals surface area contributed by atoms with Gasteiger partial charge in [-0.05, 0) is 55.9 Å². The van der Waals surface area contributed by atoms with Crippen molar-refractivity contribution in [1.29, 1.82) is 0 Å². The van der Waals surface area contributed by atoms with Crippen LogP contribution < -0.4 is 5.32 Å². The summed E-state index contributed by atoms with van der Waals surface area (Å²) in [7, 11) is 4.36. The average Bonchev–Trinajstić information content (AvgIpc) is 2.81. The molecular formula is C26H37N5O. The first-order chi connectivity index (χ1) is 15.5. The van der Waals surface area contributed by atoms with Gasteiger partial charge in [-0.2, -0.15) is 0 Å². The Labute approximate surface area is 192 Å². The van der Waals surface area contributed by atoms with Gasteiger partial charge in [-0.1, -0.05) is 24.3 Å². The van der Waals surface area contributed by atoms with Gasteiger partial charge in [0.2, 0.25) is 0 Å². The number of carbonyl (C=O) groups excluding carboxylic acids is 1. The van der Waals surface area contributed by atoms with Crippen molar-refractivity contribution in [3.8, 4) is 0 Å². The number of likely N-dealkylation sites (N-methyl/N-ethyl adjacent to an activating group) is 2. The standard InChI is InChI=1S/C26H37N5O/c1-28-13-17-30(18-14-28)12-11-22-5-9-25(10-6-22)27-26(32)24-7-3-23(4-8-24)21-31-19-15-29(2)16-20-31/h3-10H,11-21H2,1-2H3,(H,27,32). The van der Waals surface area contributed by atoms with Gasteiger partial charge in [0, 0.05) is 76.7 Å². The molecule has 1 N–H and O–H groups in total. The number of carbonyl (C=O) groups is 1. The van der Waals surface area contributed by atoms with Crippen molar-refractivity contribution in [3.05, 3.63) is 65.2 Å². The van der Waals surface area contributed by atoms with Gasteiger partial charge in [0.15, 0.2) is 0 Å². The predicted molar refractivity (Wildman–Crippen MR) is 131 cm³/mol. The Bertz CT molecular complexity index is 851. The molecule has 2 fully saturated rings.